The Balaban J connectivity index is 1.73. The molecule has 7 nitrogen and oxygen atoms in total. The number of hydrogen-bond donors (Lipinski definition) is 1. The zero-order valence-electron chi connectivity index (χ0n) is 13.4. The predicted octanol–water partition coefficient (Wildman–Crippen LogP) is 0.520. The van der Waals surface area contributed by atoms with Gasteiger partial charge in [-0.05, 0) is 24.6 Å². The fourth-order valence-electron chi connectivity index (χ4n) is 3.19. The molecule has 128 valence electrons. The minimum Gasteiger partial charge on any atom is -0.496 e. The number of ether oxygens (including phenoxy) is 1. The van der Waals surface area contributed by atoms with E-state index in [0.29, 0.717) is 29.3 Å². The maximum atomic E-state index is 12.5. The van der Waals surface area contributed by atoms with E-state index >= 15 is 0 Å². The van der Waals surface area contributed by atoms with Gasteiger partial charge in [0.1, 0.15) is 11.8 Å². The lowest BCUT2D eigenvalue weighted by Crippen LogP contribution is -2.55. The number of carbonyl (C=O) groups excluding carboxylic acids is 3. The van der Waals surface area contributed by atoms with Gasteiger partial charge in [0.2, 0.25) is 11.8 Å². The largest absolute Gasteiger partial charge is 0.496 e. The zero-order valence-corrected chi connectivity index (χ0v) is 14.2. The molecule has 0 aromatic heterocycles. The highest BCUT2D eigenvalue weighted by atomic mass is 35.5. The molecule has 8 heteroatoms. The van der Waals surface area contributed by atoms with Crippen LogP contribution in [0.1, 0.15) is 16.8 Å². The van der Waals surface area contributed by atoms with E-state index in [2.05, 4.69) is 5.32 Å². The van der Waals surface area contributed by atoms with E-state index < -0.39 is 6.04 Å². The number of fused-ring (bicyclic) bond motifs is 1. The number of rotatable bonds is 3. The Morgan fingerprint density at radius 1 is 1.38 bits per heavy atom. The second kappa shape index (κ2) is 6.32. The van der Waals surface area contributed by atoms with Gasteiger partial charge in [0.25, 0.3) is 5.91 Å². The highest BCUT2D eigenvalue weighted by Crippen LogP contribution is 2.26. The summed E-state index contributed by atoms with van der Waals surface area (Å²) in [5.41, 5.74) is 0.363. The molecule has 2 heterocycles. The lowest BCUT2D eigenvalue weighted by atomic mass is 10.1. The number of likely N-dealkylation sites (N-methyl/N-ethyl adjacent to an activating group) is 1. The van der Waals surface area contributed by atoms with Gasteiger partial charge in [0.05, 0.1) is 19.2 Å². The van der Waals surface area contributed by atoms with E-state index in [1.807, 2.05) is 0 Å². The van der Waals surface area contributed by atoms with Crippen molar-refractivity contribution in [2.75, 3.05) is 27.2 Å². The van der Waals surface area contributed by atoms with Crippen molar-refractivity contribution >= 4 is 29.3 Å². The molecule has 2 aliphatic rings. The van der Waals surface area contributed by atoms with Gasteiger partial charge in [-0.3, -0.25) is 14.4 Å². The molecular weight excluding hydrogens is 334 g/mol. The summed E-state index contributed by atoms with van der Waals surface area (Å²) in [6, 6.07) is 3.99. The molecule has 2 atom stereocenters. The second-order valence-corrected chi connectivity index (χ2v) is 6.44. The van der Waals surface area contributed by atoms with Gasteiger partial charge >= 0.3 is 0 Å². The quantitative estimate of drug-likeness (QED) is 0.861. The van der Waals surface area contributed by atoms with Crippen molar-refractivity contribution < 1.29 is 19.1 Å². The molecule has 0 bridgehead atoms. The Hall–Kier alpha value is -2.28. The van der Waals surface area contributed by atoms with Crippen LogP contribution in [0.3, 0.4) is 0 Å². The molecule has 2 saturated heterocycles. The van der Waals surface area contributed by atoms with Crippen molar-refractivity contribution in [3.05, 3.63) is 28.8 Å². The van der Waals surface area contributed by atoms with Crippen molar-refractivity contribution in [1.29, 1.82) is 0 Å². The Bertz CT molecular complexity index is 709. The van der Waals surface area contributed by atoms with E-state index in [9.17, 15) is 14.4 Å². The van der Waals surface area contributed by atoms with E-state index in [4.69, 9.17) is 16.3 Å². The Morgan fingerprint density at radius 3 is 2.83 bits per heavy atom. The van der Waals surface area contributed by atoms with E-state index in [0.717, 1.165) is 0 Å². The monoisotopic (exact) mass is 351 g/mol. The summed E-state index contributed by atoms with van der Waals surface area (Å²) in [7, 11) is 3.08. The van der Waals surface area contributed by atoms with Crippen LogP contribution in [0.4, 0.5) is 0 Å². The van der Waals surface area contributed by atoms with E-state index in [1.165, 1.54) is 12.0 Å². The van der Waals surface area contributed by atoms with Gasteiger partial charge in [-0.25, -0.2) is 0 Å². The number of hydrogen-bond acceptors (Lipinski definition) is 4. The zero-order chi connectivity index (χ0) is 17.4. The predicted molar refractivity (Wildman–Crippen MR) is 87.0 cm³/mol. The Kier molecular flexibility index (Phi) is 4.36. The number of piperazine rings is 1. The second-order valence-electron chi connectivity index (χ2n) is 6.01. The average Bonchev–Trinajstić information content (AvgIpc) is 2.97. The van der Waals surface area contributed by atoms with E-state index in [1.54, 1.807) is 30.1 Å². The third kappa shape index (κ3) is 2.91. The van der Waals surface area contributed by atoms with Crippen molar-refractivity contribution in [3.8, 4) is 5.75 Å². The summed E-state index contributed by atoms with van der Waals surface area (Å²) in [4.78, 5) is 39.7. The van der Waals surface area contributed by atoms with Crippen molar-refractivity contribution in [3.63, 3.8) is 0 Å². The maximum absolute atomic E-state index is 12.5. The van der Waals surface area contributed by atoms with Crippen LogP contribution in [0.15, 0.2) is 18.2 Å². The molecule has 3 rings (SSSR count). The fraction of sp³-hybridized carbons (Fsp3) is 0.438. The molecule has 2 fully saturated rings. The molecule has 0 aliphatic carbocycles. The molecule has 0 saturated carbocycles. The summed E-state index contributed by atoms with van der Waals surface area (Å²) in [6.07, 6.45) is 0.413. The number of benzene rings is 1. The first-order valence-electron chi connectivity index (χ1n) is 7.59. The highest BCUT2D eigenvalue weighted by molar-refractivity contribution is 6.30. The lowest BCUT2D eigenvalue weighted by molar-refractivity contribution is -0.152. The lowest BCUT2D eigenvalue weighted by Gasteiger charge is -2.33. The number of nitrogens with one attached hydrogen (secondary N) is 1. The number of halogens is 1. The van der Waals surface area contributed by atoms with Crippen LogP contribution < -0.4 is 10.1 Å². The summed E-state index contributed by atoms with van der Waals surface area (Å²) in [5.74, 6) is -0.123. The smallest absolute Gasteiger partial charge is 0.255 e. The minimum absolute atomic E-state index is 0.0843. The van der Waals surface area contributed by atoms with E-state index in [-0.39, 0.29) is 30.3 Å². The SMILES string of the molecule is COc1cc(Cl)ccc1C(=O)NC1CC2C(=O)N(C)CC(=O)N2C1. The van der Waals surface area contributed by atoms with Crippen LogP contribution in [0.2, 0.25) is 5.02 Å². The fourth-order valence-corrected chi connectivity index (χ4v) is 3.35. The van der Waals surface area contributed by atoms with Crippen LogP contribution in [-0.2, 0) is 9.59 Å². The van der Waals surface area contributed by atoms with Crippen LogP contribution >= 0.6 is 11.6 Å². The molecule has 2 aliphatic heterocycles. The topological polar surface area (TPSA) is 79.0 Å². The molecular formula is C16H18ClN3O4. The normalized spacial score (nSPS) is 23.3. The van der Waals surface area contributed by atoms with Gasteiger partial charge in [0, 0.05) is 24.7 Å². The van der Waals surface area contributed by atoms with Crippen molar-refractivity contribution in [2.24, 2.45) is 0 Å². The highest BCUT2D eigenvalue weighted by Gasteiger charge is 2.45. The first-order valence-corrected chi connectivity index (χ1v) is 7.97. The number of methoxy groups -OCH3 is 1. The molecule has 1 aromatic carbocycles. The summed E-state index contributed by atoms with van der Waals surface area (Å²) in [6.45, 7) is 0.422. The maximum Gasteiger partial charge on any atom is 0.255 e. The third-order valence-corrected chi connectivity index (χ3v) is 4.63. The molecule has 24 heavy (non-hydrogen) atoms. The molecule has 1 aromatic rings. The molecule has 0 spiro atoms. The van der Waals surface area contributed by atoms with Gasteiger partial charge in [-0.15, -0.1) is 0 Å². The number of amides is 3. The van der Waals surface area contributed by atoms with Crippen LogP contribution in [0, 0.1) is 0 Å². The summed E-state index contributed by atoms with van der Waals surface area (Å²) >= 11 is 5.90. The van der Waals surface area contributed by atoms with Crippen molar-refractivity contribution in [2.45, 2.75) is 18.5 Å². The molecule has 3 amide bonds. The first-order chi connectivity index (χ1) is 11.4. The van der Waals surface area contributed by atoms with Crippen molar-refractivity contribution in [1.82, 2.24) is 15.1 Å². The van der Waals surface area contributed by atoms with Crippen LogP contribution in [-0.4, -0.2) is 66.9 Å². The number of carbonyl (C=O) groups is 3. The first kappa shape index (κ1) is 16.6. The van der Waals surface area contributed by atoms with Gasteiger partial charge in [-0.2, -0.15) is 0 Å². The molecule has 2 unspecified atom stereocenters. The summed E-state index contributed by atoms with van der Waals surface area (Å²) in [5, 5.41) is 3.35. The van der Waals surface area contributed by atoms with Gasteiger partial charge in [-0.1, -0.05) is 11.6 Å². The summed E-state index contributed by atoms with van der Waals surface area (Å²) < 4.78 is 5.18. The molecule has 0 radical (unpaired) electrons. The third-order valence-electron chi connectivity index (χ3n) is 4.40. The standard InChI is InChI=1S/C16H18ClN3O4/c1-19-8-14(21)20-7-10(6-12(20)16(19)23)18-15(22)11-4-3-9(17)5-13(11)24-2/h3-5,10,12H,6-8H2,1-2H3,(H,18,22). The minimum atomic E-state index is -0.492. The average molecular weight is 352 g/mol. The van der Waals surface area contributed by atoms with Gasteiger partial charge in [0.15, 0.2) is 0 Å². The Morgan fingerprint density at radius 2 is 2.12 bits per heavy atom. The van der Waals surface area contributed by atoms with Crippen LogP contribution in [0.25, 0.3) is 0 Å². The molecule has 1 N–H and O–H groups in total. The Labute approximate surface area is 144 Å². The van der Waals surface area contributed by atoms with Gasteiger partial charge < -0.3 is 19.9 Å². The number of nitrogens with zero attached hydrogens (tertiary/aromatic N) is 2. The van der Waals surface area contributed by atoms with Crippen LogP contribution in [0.5, 0.6) is 5.75 Å².